The number of nitrogens with zero attached hydrogens (tertiary/aromatic N) is 4. The van der Waals surface area contributed by atoms with Crippen molar-refractivity contribution in [2.75, 3.05) is 0 Å². The number of hydrogen-bond donors (Lipinski definition) is 0. The second-order valence-corrected chi connectivity index (χ2v) is 5.16. The van der Waals surface area contributed by atoms with E-state index >= 15 is 0 Å². The van der Waals surface area contributed by atoms with E-state index in [-0.39, 0.29) is 0 Å². The van der Waals surface area contributed by atoms with Crippen LogP contribution in [0.2, 0.25) is 0 Å². The predicted molar refractivity (Wildman–Crippen MR) is 74.6 cm³/mol. The highest BCUT2D eigenvalue weighted by Gasteiger charge is 2.24. The van der Waals surface area contributed by atoms with E-state index in [1.165, 1.54) is 0 Å². The fourth-order valence-electron chi connectivity index (χ4n) is 2.27. The maximum absolute atomic E-state index is 5.76. The standard InChI is InChI=1S/C15H14N4O/c1-10-6-13(15-17-9-18-19(15)8-10)11-4-5-16-14(7-11)20-12-2-3-12/h4-9,12H,2-3H2,1H3. The lowest BCUT2D eigenvalue weighted by molar-refractivity contribution is 0.291. The molecule has 0 unspecified atom stereocenters. The SMILES string of the molecule is Cc1cc(-c2ccnc(OC3CC3)c2)c2ncnn2c1. The highest BCUT2D eigenvalue weighted by atomic mass is 16.5. The number of ether oxygens (including phenoxy) is 1. The van der Waals surface area contributed by atoms with E-state index in [1.54, 1.807) is 17.0 Å². The van der Waals surface area contributed by atoms with Gasteiger partial charge in [0.05, 0.1) is 0 Å². The molecule has 3 heterocycles. The number of rotatable bonds is 3. The van der Waals surface area contributed by atoms with Gasteiger partial charge in [0.2, 0.25) is 5.88 Å². The molecule has 1 saturated carbocycles. The summed E-state index contributed by atoms with van der Waals surface area (Å²) in [6, 6.07) is 6.06. The van der Waals surface area contributed by atoms with E-state index in [0.717, 1.165) is 35.2 Å². The molecule has 4 rings (SSSR count). The topological polar surface area (TPSA) is 52.3 Å². The first kappa shape index (κ1) is 11.4. The maximum atomic E-state index is 5.76. The molecule has 0 radical (unpaired) electrons. The van der Waals surface area contributed by atoms with Crippen molar-refractivity contribution < 1.29 is 4.74 Å². The highest BCUT2D eigenvalue weighted by molar-refractivity contribution is 5.77. The maximum Gasteiger partial charge on any atom is 0.214 e. The molecule has 3 aromatic heterocycles. The van der Waals surface area contributed by atoms with Crippen molar-refractivity contribution in [2.24, 2.45) is 0 Å². The van der Waals surface area contributed by atoms with E-state index in [0.29, 0.717) is 12.0 Å². The van der Waals surface area contributed by atoms with E-state index in [9.17, 15) is 0 Å². The van der Waals surface area contributed by atoms with Crippen LogP contribution in [-0.4, -0.2) is 25.7 Å². The van der Waals surface area contributed by atoms with Gasteiger partial charge in [0, 0.05) is 24.0 Å². The Morgan fingerprint density at radius 2 is 2.15 bits per heavy atom. The molecule has 0 N–H and O–H groups in total. The van der Waals surface area contributed by atoms with Crippen LogP contribution in [0.5, 0.6) is 5.88 Å². The predicted octanol–water partition coefficient (Wildman–Crippen LogP) is 2.64. The van der Waals surface area contributed by atoms with Gasteiger partial charge in [-0.2, -0.15) is 5.10 Å². The van der Waals surface area contributed by atoms with E-state index in [2.05, 4.69) is 21.1 Å². The Hall–Kier alpha value is -2.43. The Morgan fingerprint density at radius 1 is 1.25 bits per heavy atom. The van der Waals surface area contributed by atoms with Gasteiger partial charge in [0.25, 0.3) is 0 Å². The van der Waals surface area contributed by atoms with Crippen LogP contribution in [0.1, 0.15) is 18.4 Å². The number of aryl methyl sites for hydroxylation is 1. The number of fused-ring (bicyclic) bond motifs is 1. The van der Waals surface area contributed by atoms with Crippen LogP contribution in [-0.2, 0) is 0 Å². The van der Waals surface area contributed by atoms with Crippen LogP contribution in [0.3, 0.4) is 0 Å². The molecule has 100 valence electrons. The van der Waals surface area contributed by atoms with Gasteiger partial charge in [0.1, 0.15) is 12.4 Å². The summed E-state index contributed by atoms with van der Waals surface area (Å²) < 4.78 is 7.56. The third-order valence-corrected chi connectivity index (χ3v) is 3.37. The zero-order valence-electron chi connectivity index (χ0n) is 11.2. The van der Waals surface area contributed by atoms with Crippen LogP contribution < -0.4 is 4.74 Å². The molecule has 0 atom stereocenters. The van der Waals surface area contributed by atoms with Gasteiger partial charge < -0.3 is 4.74 Å². The lowest BCUT2D eigenvalue weighted by Crippen LogP contribution is -1.98. The first-order valence-electron chi connectivity index (χ1n) is 6.73. The summed E-state index contributed by atoms with van der Waals surface area (Å²) in [6.07, 6.45) is 7.93. The average Bonchev–Trinajstić information content (AvgIpc) is 3.13. The molecule has 5 nitrogen and oxygen atoms in total. The Bertz CT molecular complexity index is 776. The molecular weight excluding hydrogens is 252 g/mol. The summed E-state index contributed by atoms with van der Waals surface area (Å²) >= 11 is 0. The molecule has 1 fully saturated rings. The van der Waals surface area contributed by atoms with Gasteiger partial charge in [-0.15, -0.1) is 0 Å². The van der Waals surface area contributed by atoms with Crippen molar-refractivity contribution in [3.05, 3.63) is 42.5 Å². The fraction of sp³-hybridized carbons (Fsp3) is 0.267. The Balaban J connectivity index is 1.83. The fourth-order valence-corrected chi connectivity index (χ4v) is 2.27. The second kappa shape index (κ2) is 4.30. The average molecular weight is 266 g/mol. The van der Waals surface area contributed by atoms with Crippen molar-refractivity contribution in [3.63, 3.8) is 0 Å². The van der Waals surface area contributed by atoms with Gasteiger partial charge >= 0.3 is 0 Å². The van der Waals surface area contributed by atoms with Crippen LogP contribution in [0.4, 0.5) is 0 Å². The summed E-state index contributed by atoms with van der Waals surface area (Å²) in [6.45, 7) is 2.05. The lowest BCUT2D eigenvalue weighted by Gasteiger charge is -2.08. The van der Waals surface area contributed by atoms with Gasteiger partial charge in [-0.25, -0.2) is 14.5 Å². The first-order valence-corrected chi connectivity index (χ1v) is 6.73. The minimum atomic E-state index is 0.350. The summed E-state index contributed by atoms with van der Waals surface area (Å²) in [7, 11) is 0. The molecule has 0 aromatic carbocycles. The summed E-state index contributed by atoms with van der Waals surface area (Å²) in [4.78, 5) is 8.60. The van der Waals surface area contributed by atoms with Crippen molar-refractivity contribution in [3.8, 4) is 17.0 Å². The summed E-state index contributed by atoms with van der Waals surface area (Å²) in [5.74, 6) is 0.684. The third-order valence-electron chi connectivity index (χ3n) is 3.37. The number of pyridine rings is 2. The summed E-state index contributed by atoms with van der Waals surface area (Å²) in [5.41, 5.74) is 4.08. The summed E-state index contributed by atoms with van der Waals surface area (Å²) in [5, 5.41) is 4.21. The van der Waals surface area contributed by atoms with Gasteiger partial charge in [0.15, 0.2) is 5.65 Å². The minimum Gasteiger partial charge on any atom is -0.474 e. The zero-order valence-corrected chi connectivity index (χ0v) is 11.2. The molecule has 0 aliphatic heterocycles. The van der Waals surface area contributed by atoms with Gasteiger partial charge in [-0.05, 0) is 43.0 Å². The first-order chi connectivity index (χ1) is 9.79. The van der Waals surface area contributed by atoms with Gasteiger partial charge in [-0.1, -0.05) is 0 Å². The van der Waals surface area contributed by atoms with Crippen LogP contribution in [0.25, 0.3) is 16.8 Å². The largest absolute Gasteiger partial charge is 0.474 e. The Morgan fingerprint density at radius 3 is 3.00 bits per heavy atom. The van der Waals surface area contributed by atoms with Crippen molar-refractivity contribution in [2.45, 2.75) is 25.9 Å². The van der Waals surface area contributed by atoms with Crippen LogP contribution in [0, 0.1) is 6.92 Å². The molecule has 1 aliphatic carbocycles. The Kier molecular flexibility index (Phi) is 2.45. The lowest BCUT2D eigenvalue weighted by atomic mass is 10.1. The molecule has 0 amide bonds. The molecule has 5 heteroatoms. The van der Waals surface area contributed by atoms with Crippen LogP contribution in [0.15, 0.2) is 36.9 Å². The van der Waals surface area contributed by atoms with E-state index in [4.69, 9.17) is 4.74 Å². The number of hydrogen-bond acceptors (Lipinski definition) is 4. The zero-order chi connectivity index (χ0) is 13.5. The van der Waals surface area contributed by atoms with Crippen molar-refractivity contribution in [1.29, 1.82) is 0 Å². The Labute approximate surface area is 116 Å². The van der Waals surface area contributed by atoms with Gasteiger partial charge in [-0.3, -0.25) is 0 Å². The molecule has 0 spiro atoms. The normalized spacial score (nSPS) is 14.7. The molecule has 3 aromatic rings. The minimum absolute atomic E-state index is 0.350. The molecule has 0 saturated heterocycles. The molecule has 1 aliphatic rings. The second-order valence-electron chi connectivity index (χ2n) is 5.16. The molecular formula is C15H14N4O. The van der Waals surface area contributed by atoms with Crippen molar-refractivity contribution in [1.82, 2.24) is 19.6 Å². The molecule has 0 bridgehead atoms. The monoisotopic (exact) mass is 266 g/mol. The highest BCUT2D eigenvalue weighted by Crippen LogP contribution is 2.29. The van der Waals surface area contributed by atoms with E-state index in [1.807, 2.05) is 25.3 Å². The number of aromatic nitrogens is 4. The van der Waals surface area contributed by atoms with Crippen molar-refractivity contribution >= 4 is 5.65 Å². The van der Waals surface area contributed by atoms with E-state index < -0.39 is 0 Å². The third kappa shape index (κ3) is 2.01. The molecule has 20 heavy (non-hydrogen) atoms. The smallest absolute Gasteiger partial charge is 0.214 e. The van der Waals surface area contributed by atoms with Crippen LogP contribution >= 0.6 is 0 Å². The quantitative estimate of drug-likeness (QED) is 0.731.